The smallest absolute Gasteiger partial charge is 0.164 e. The molecule has 0 radical (unpaired) electrons. The van der Waals surface area contributed by atoms with Gasteiger partial charge in [0.15, 0.2) is 17.5 Å². The van der Waals surface area contributed by atoms with E-state index in [-0.39, 0.29) is 0 Å². The van der Waals surface area contributed by atoms with E-state index in [2.05, 4.69) is 103 Å². The van der Waals surface area contributed by atoms with Crippen LogP contribution in [0.4, 0.5) is 0 Å². The van der Waals surface area contributed by atoms with E-state index in [0.717, 1.165) is 49.8 Å². The van der Waals surface area contributed by atoms with Crippen molar-refractivity contribution in [3.63, 3.8) is 0 Å². The fraction of sp³-hybridized carbons (Fsp3) is 0. The van der Waals surface area contributed by atoms with Gasteiger partial charge in [0.05, 0.1) is 0 Å². The number of aromatic nitrogens is 3. The van der Waals surface area contributed by atoms with Gasteiger partial charge in [-0.1, -0.05) is 140 Å². The molecule has 2 heterocycles. The highest BCUT2D eigenvalue weighted by Gasteiger charge is 2.18. The van der Waals surface area contributed by atoms with Crippen LogP contribution in [0.25, 0.3) is 99.9 Å². The van der Waals surface area contributed by atoms with Gasteiger partial charge in [0.25, 0.3) is 0 Å². The monoisotopic (exact) mass is 651 g/mol. The van der Waals surface area contributed by atoms with E-state index in [0.29, 0.717) is 17.5 Å². The van der Waals surface area contributed by atoms with Crippen LogP contribution in [-0.2, 0) is 0 Å². The van der Waals surface area contributed by atoms with Crippen molar-refractivity contribution in [3.05, 3.63) is 176 Å². The summed E-state index contributed by atoms with van der Waals surface area (Å²) in [6.45, 7) is 0. The molecular weight excluding hydrogens is 623 g/mol. The average molecular weight is 652 g/mol. The molecule has 10 rings (SSSR count). The number of hydrogen-bond donors (Lipinski definition) is 0. The molecule has 0 aliphatic rings. The number of hydrogen-bond acceptors (Lipinski definition) is 4. The first kappa shape index (κ1) is 29.0. The Bertz CT molecular complexity index is 2860. The summed E-state index contributed by atoms with van der Waals surface area (Å²) in [5, 5.41) is 6.91. The third kappa shape index (κ3) is 5.22. The van der Waals surface area contributed by atoms with Crippen LogP contribution in [0.5, 0.6) is 0 Å². The second kappa shape index (κ2) is 11.9. The Morgan fingerprint density at radius 2 is 0.804 bits per heavy atom. The van der Waals surface area contributed by atoms with Crippen molar-refractivity contribution < 1.29 is 4.42 Å². The van der Waals surface area contributed by atoms with Gasteiger partial charge in [0.1, 0.15) is 11.2 Å². The summed E-state index contributed by atoms with van der Waals surface area (Å²) < 4.78 is 6.42. The van der Waals surface area contributed by atoms with E-state index < -0.39 is 0 Å². The van der Waals surface area contributed by atoms with E-state index in [1.54, 1.807) is 0 Å². The SMILES string of the molecule is c1ccc(-c2nc(-c3ccccc3)nc(-c3cccc4oc5ccc(-c6ccc7cc(-c8ccc9ccccc9c8)ccc7c6)cc5c34)n2)cc1. The van der Waals surface area contributed by atoms with E-state index in [9.17, 15) is 0 Å². The minimum Gasteiger partial charge on any atom is -0.456 e. The number of nitrogens with zero attached hydrogens (tertiary/aromatic N) is 3. The topological polar surface area (TPSA) is 51.8 Å². The van der Waals surface area contributed by atoms with E-state index in [1.807, 2.05) is 72.8 Å². The molecule has 0 saturated heterocycles. The number of fused-ring (bicyclic) bond motifs is 5. The Morgan fingerprint density at radius 3 is 1.43 bits per heavy atom. The third-order valence-corrected chi connectivity index (χ3v) is 9.69. The zero-order chi connectivity index (χ0) is 33.7. The van der Waals surface area contributed by atoms with Gasteiger partial charge >= 0.3 is 0 Å². The molecule has 0 spiro atoms. The minimum absolute atomic E-state index is 0.606. The lowest BCUT2D eigenvalue weighted by Gasteiger charge is -2.09. The summed E-state index contributed by atoms with van der Waals surface area (Å²) >= 11 is 0. The molecule has 2 aromatic heterocycles. The number of benzene rings is 8. The van der Waals surface area contributed by atoms with Gasteiger partial charge in [-0.15, -0.1) is 0 Å². The van der Waals surface area contributed by atoms with Crippen LogP contribution >= 0.6 is 0 Å². The minimum atomic E-state index is 0.606. The quantitative estimate of drug-likeness (QED) is 0.186. The molecule has 238 valence electrons. The molecule has 0 atom stereocenters. The summed E-state index contributed by atoms with van der Waals surface area (Å²) in [7, 11) is 0. The molecule has 0 aliphatic heterocycles. The Kier molecular flexibility index (Phi) is 6.78. The van der Waals surface area contributed by atoms with Crippen molar-refractivity contribution in [1.82, 2.24) is 15.0 Å². The average Bonchev–Trinajstić information content (AvgIpc) is 3.59. The molecular formula is C47H29N3O. The summed E-state index contributed by atoms with van der Waals surface area (Å²) in [5.74, 6) is 1.86. The van der Waals surface area contributed by atoms with Crippen LogP contribution in [0.2, 0.25) is 0 Å². The maximum atomic E-state index is 6.42. The first-order valence-corrected chi connectivity index (χ1v) is 17.1. The van der Waals surface area contributed by atoms with Gasteiger partial charge in [-0.2, -0.15) is 0 Å². The number of furan rings is 1. The summed E-state index contributed by atoms with van der Waals surface area (Å²) in [5.41, 5.74) is 9.08. The van der Waals surface area contributed by atoms with Gasteiger partial charge in [-0.3, -0.25) is 0 Å². The van der Waals surface area contributed by atoms with Gasteiger partial charge < -0.3 is 4.42 Å². The van der Waals surface area contributed by atoms with Crippen LogP contribution in [0.1, 0.15) is 0 Å². The normalized spacial score (nSPS) is 11.5. The molecule has 0 bridgehead atoms. The molecule has 0 N–H and O–H groups in total. The van der Waals surface area contributed by atoms with Crippen molar-refractivity contribution in [2.24, 2.45) is 0 Å². The van der Waals surface area contributed by atoms with Crippen molar-refractivity contribution in [2.75, 3.05) is 0 Å². The summed E-state index contributed by atoms with van der Waals surface area (Å²) in [4.78, 5) is 15.0. The zero-order valence-electron chi connectivity index (χ0n) is 27.5. The van der Waals surface area contributed by atoms with Gasteiger partial charge in [0, 0.05) is 27.5 Å². The highest BCUT2D eigenvalue weighted by Crippen LogP contribution is 2.39. The van der Waals surface area contributed by atoms with Crippen molar-refractivity contribution in [3.8, 4) is 56.4 Å². The molecule has 4 heteroatoms. The molecule has 51 heavy (non-hydrogen) atoms. The fourth-order valence-corrected chi connectivity index (χ4v) is 7.10. The summed E-state index contributed by atoms with van der Waals surface area (Å²) in [6, 6.07) is 61.3. The molecule has 8 aromatic carbocycles. The zero-order valence-corrected chi connectivity index (χ0v) is 27.5. The van der Waals surface area contributed by atoms with Crippen LogP contribution in [0.15, 0.2) is 180 Å². The Morgan fingerprint density at radius 1 is 0.314 bits per heavy atom. The lowest BCUT2D eigenvalue weighted by molar-refractivity contribution is 0.669. The summed E-state index contributed by atoms with van der Waals surface area (Å²) in [6.07, 6.45) is 0. The molecule has 0 amide bonds. The highest BCUT2D eigenvalue weighted by atomic mass is 16.3. The van der Waals surface area contributed by atoms with Gasteiger partial charge in [0.2, 0.25) is 0 Å². The maximum absolute atomic E-state index is 6.42. The van der Waals surface area contributed by atoms with E-state index >= 15 is 0 Å². The largest absolute Gasteiger partial charge is 0.456 e. The predicted molar refractivity (Wildman–Crippen MR) is 209 cm³/mol. The van der Waals surface area contributed by atoms with Crippen molar-refractivity contribution in [2.45, 2.75) is 0 Å². The van der Waals surface area contributed by atoms with Crippen LogP contribution in [-0.4, -0.2) is 15.0 Å². The predicted octanol–water partition coefficient (Wildman–Crippen LogP) is 12.4. The standard InChI is InChI=1S/C47H29N3O/c1-3-11-31(12-4-1)45-48-46(32-13-5-2-6-14-32)50-47(49-45)40-16-9-17-43-44(40)41-29-39(24-25-42(41)51-43)38-23-22-36-27-35(20-21-37(36)28-38)34-19-18-30-10-7-8-15-33(30)26-34/h1-29H. The molecule has 0 aliphatic carbocycles. The van der Waals surface area contributed by atoms with Crippen molar-refractivity contribution >= 4 is 43.5 Å². The number of rotatable bonds is 5. The third-order valence-electron chi connectivity index (χ3n) is 9.69. The Hall–Kier alpha value is -6.91. The second-order valence-electron chi connectivity index (χ2n) is 12.9. The van der Waals surface area contributed by atoms with E-state index in [4.69, 9.17) is 19.4 Å². The van der Waals surface area contributed by atoms with Crippen LogP contribution < -0.4 is 0 Å². The Labute approximate surface area is 294 Å². The lowest BCUT2D eigenvalue weighted by Crippen LogP contribution is -2.00. The molecule has 0 fully saturated rings. The molecule has 0 unspecified atom stereocenters. The Balaban J connectivity index is 1.08. The molecule has 0 saturated carbocycles. The molecule has 4 nitrogen and oxygen atoms in total. The lowest BCUT2D eigenvalue weighted by atomic mass is 9.96. The first-order chi connectivity index (χ1) is 25.2. The fourth-order valence-electron chi connectivity index (χ4n) is 7.10. The second-order valence-corrected chi connectivity index (χ2v) is 12.9. The van der Waals surface area contributed by atoms with Crippen molar-refractivity contribution in [1.29, 1.82) is 0 Å². The van der Waals surface area contributed by atoms with Gasteiger partial charge in [-0.05, 0) is 80.2 Å². The van der Waals surface area contributed by atoms with Crippen LogP contribution in [0.3, 0.4) is 0 Å². The maximum Gasteiger partial charge on any atom is 0.164 e. The van der Waals surface area contributed by atoms with E-state index in [1.165, 1.54) is 32.7 Å². The van der Waals surface area contributed by atoms with Crippen LogP contribution in [0, 0.1) is 0 Å². The van der Waals surface area contributed by atoms with Gasteiger partial charge in [-0.25, -0.2) is 15.0 Å². The highest BCUT2D eigenvalue weighted by molar-refractivity contribution is 6.13. The molecule has 10 aromatic rings. The first-order valence-electron chi connectivity index (χ1n) is 17.1.